The lowest BCUT2D eigenvalue weighted by molar-refractivity contribution is 0.234. The largest absolute Gasteiger partial charge is 0.399 e. The Balaban J connectivity index is 2.61. The van der Waals surface area contributed by atoms with Gasteiger partial charge in [-0.05, 0) is 51.2 Å². The van der Waals surface area contributed by atoms with Crippen molar-refractivity contribution >= 4 is 5.69 Å². The van der Waals surface area contributed by atoms with Crippen LogP contribution in [0.1, 0.15) is 24.5 Å². The van der Waals surface area contributed by atoms with E-state index in [0.29, 0.717) is 0 Å². The molecule has 0 aliphatic carbocycles. The zero-order valence-corrected chi connectivity index (χ0v) is 12.2. The molecule has 1 aromatic rings. The first-order valence-corrected chi connectivity index (χ1v) is 6.75. The van der Waals surface area contributed by atoms with Crippen LogP contribution in [0.25, 0.3) is 0 Å². The van der Waals surface area contributed by atoms with Crippen molar-refractivity contribution < 1.29 is 0 Å². The lowest BCUT2D eigenvalue weighted by Crippen LogP contribution is -2.32. The Morgan fingerprint density at radius 1 is 1.11 bits per heavy atom. The highest BCUT2D eigenvalue weighted by atomic mass is 15.2. The minimum absolute atomic E-state index is 0.883. The molecule has 102 valence electrons. The average molecular weight is 249 g/mol. The first kappa shape index (κ1) is 15.0. The summed E-state index contributed by atoms with van der Waals surface area (Å²) in [5, 5.41) is 0. The van der Waals surface area contributed by atoms with Gasteiger partial charge in [0.15, 0.2) is 0 Å². The number of likely N-dealkylation sites (N-methyl/N-ethyl adjacent to an activating group) is 1. The van der Waals surface area contributed by atoms with E-state index in [9.17, 15) is 0 Å². The molecule has 0 saturated heterocycles. The van der Waals surface area contributed by atoms with Gasteiger partial charge in [-0.25, -0.2) is 0 Å². The third kappa shape index (κ3) is 5.07. The molecule has 0 aliphatic heterocycles. The van der Waals surface area contributed by atoms with Gasteiger partial charge in [0.1, 0.15) is 0 Å². The van der Waals surface area contributed by atoms with E-state index in [-0.39, 0.29) is 0 Å². The first-order valence-electron chi connectivity index (χ1n) is 6.75. The Morgan fingerprint density at radius 2 is 1.83 bits per heavy atom. The number of benzene rings is 1. The van der Waals surface area contributed by atoms with Crippen LogP contribution in [-0.2, 0) is 6.54 Å². The zero-order valence-electron chi connectivity index (χ0n) is 12.2. The molecule has 0 amide bonds. The normalized spacial score (nSPS) is 11.4. The predicted molar refractivity (Wildman–Crippen MR) is 79.7 cm³/mol. The fraction of sp³-hybridized carbons (Fsp3) is 0.600. The zero-order chi connectivity index (χ0) is 13.5. The highest BCUT2D eigenvalue weighted by Crippen LogP contribution is 2.14. The summed E-state index contributed by atoms with van der Waals surface area (Å²) in [4.78, 5) is 4.74. The summed E-state index contributed by atoms with van der Waals surface area (Å²) in [6, 6.07) is 6.36. The molecule has 1 aromatic carbocycles. The fourth-order valence-electron chi connectivity index (χ4n) is 2.02. The van der Waals surface area contributed by atoms with E-state index in [1.807, 2.05) is 6.07 Å². The summed E-state index contributed by atoms with van der Waals surface area (Å²) in [7, 11) is 4.25. The minimum atomic E-state index is 0.883. The van der Waals surface area contributed by atoms with Crippen LogP contribution in [0.5, 0.6) is 0 Å². The molecule has 0 bridgehead atoms. The van der Waals surface area contributed by atoms with E-state index in [4.69, 9.17) is 5.73 Å². The Hall–Kier alpha value is -1.06. The van der Waals surface area contributed by atoms with Crippen molar-refractivity contribution in [2.75, 3.05) is 39.5 Å². The van der Waals surface area contributed by atoms with Gasteiger partial charge in [-0.1, -0.05) is 19.1 Å². The molecule has 0 spiro atoms. The maximum atomic E-state index is 5.86. The number of anilines is 1. The van der Waals surface area contributed by atoms with Gasteiger partial charge in [-0.15, -0.1) is 0 Å². The lowest BCUT2D eigenvalue weighted by Gasteiger charge is -2.24. The van der Waals surface area contributed by atoms with Crippen molar-refractivity contribution in [1.82, 2.24) is 9.80 Å². The lowest BCUT2D eigenvalue weighted by atomic mass is 10.1. The number of nitrogen functional groups attached to an aromatic ring is 1. The van der Waals surface area contributed by atoms with Crippen LogP contribution in [-0.4, -0.2) is 43.5 Å². The Kier molecular flexibility index (Phi) is 6.16. The van der Waals surface area contributed by atoms with E-state index >= 15 is 0 Å². The van der Waals surface area contributed by atoms with E-state index < -0.39 is 0 Å². The smallest absolute Gasteiger partial charge is 0.0343 e. The van der Waals surface area contributed by atoms with Gasteiger partial charge in [0.05, 0.1) is 0 Å². The second kappa shape index (κ2) is 7.39. The second-order valence-electron chi connectivity index (χ2n) is 5.27. The molecule has 18 heavy (non-hydrogen) atoms. The van der Waals surface area contributed by atoms with Gasteiger partial charge < -0.3 is 10.6 Å². The molecule has 0 atom stereocenters. The van der Waals surface area contributed by atoms with Gasteiger partial charge in [0.2, 0.25) is 0 Å². The van der Waals surface area contributed by atoms with Crippen molar-refractivity contribution in [1.29, 1.82) is 0 Å². The van der Waals surface area contributed by atoms with Crippen LogP contribution in [0.3, 0.4) is 0 Å². The summed E-state index contributed by atoms with van der Waals surface area (Å²) in [6.45, 7) is 8.69. The van der Waals surface area contributed by atoms with Crippen LogP contribution < -0.4 is 5.73 Å². The van der Waals surface area contributed by atoms with Crippen molar-refractivity contribution in [2.24, 2.45) is 0 Å². The molecular formula is C15H27N3. The molecule has 0 saturated carbocycles. The summed E-state index contributed by atoms with van der Waals surface area (Å²) >= 11 is 0. The average Bonchev–Trinajstić information content (AvgIpc) is 2.31. The number of hydrogen-bond acceptors (Lipinski definition) is 3. The molecule has 0 radical (unpaired) electrons. The number of hydrogen-bond donors (Lipinski definition) is 1. The summed E-state index contributed by atoms with van der Waals surface area (Å²) in [5.41, 5.74) is 9.27. The first-order chi connectivity index (χ1) is 8.52. The maximum absolute atomic E-state index is 5.86. The van der Waals surface area contributed by atoms with Gasteiger partial charge >= 0.3 is 0 Å². The Morgan fingerprint density at radius 3 is 2.39 bits per heavy atom. The summed E-state index contributed by atoms with van der Waals surface area (Å²) in [5.74, 6) is 0. The van der Waals surface area contributed by atoms with Gasteiger partial charge in [0.25, 0.3) is 0 Å². The quantitative estimate of drug-likeness (QED) is 0.753. The Bertz CT molecular complexity index is 361. The number of rotatable bonds is 7. The van der Waals surface area contributed by atoms with E-state index in [2.05, 4.69) is 49.9 Å². The van der Waals surface area contributed by atoms with Crippen molar-refractivity contribution in [3.63, 3.8) is 0 Å². The van der Waals surface area contributed by atoms with Crippen LogP contribution in [0.2, 0.25) is 0 Å². The molecule has 2 N–H and O–H groups in total. The van der Waals surface area contributed by atoms with Gasteiger partial charge in [-0.3, -0.25) is 4.90 Å². The number of nitrogens with two attached hydrogens (primary N) is 1. The third-order valence-electron chi connectivity index (χ3n) is 3.14. The molecule has 0 heterocycles. The highest BCUT2D eigenvalue weighted by Gasteiger charge is 2.06. The molecule has 0 unspecified atom stereocenters. The Labute approximate surface area is 112 Å². The molecule has 3 heteroatoms. The fourth-order valence-corrected chi connectivity index (χ4v) is 2.02. The maximum Gasteiger partial charge on any atom is 0.0343 e. The van der Waals surface area contributed by atoms with Gasteiger partial charge in [0, 0.05) is 25.3 Å². The molecule has 0 aliphatic rings. The van der Waals surface area contributed by atoms with Crippen LogP contribution in [0.4, 0.5) is 5.69 Å². The van der Waals surface area contributed by atoms with Crippen molar-refractivity contribution in [3.8, 4) is 0 Å². The standard InChI is InChI=1S/C15H27N3/c1-5-8-18(10-9-17(3)4)12-14-6-7-15(16)13(2)11-14/h6-7,11H,5,8-10,12,16H2,1-4H3. The van der Waals surface area contributed by atoms with E-state index in [1.165, 1.54) is 17.5 Å². The molecule has 1 rings (SSSR count). The predicted octanol–water partition coefficient (Wildman–Crippen LogP) is 2.35. The number of nitrogens with zero attached hydrogens (tertiary/aromatic N) is 2. The van der Waals surface area contributed by atoms with Crippen LogP contribution in [0, 0.1) is 6.92 Å². The van der Waals surface area contributed by atoms with E-state index in [1.54, 1.807) is 0 Å². The SMILES string of the molecule is CCCN(CCN(C)C)Cc1ccc(N)c(C)c1. The van der Waals surface area contributed by atoms with Crippen LogP contribution >= 0.6 is 0 Å². The number of aryl methyl sites for hydroxylation is 1. The monoisotopic (exact) mass is 249 g/mol. The van der Waals surface area contributed by atoms with Crippen LogP contribution in [0.15, 0.2) is 18.2 Å². The topological polar surface area (TPSA) is 32.5 Å². The van der Waals surface area contributed by atoms with E-state index in [0.717, 1.165) is 31.9 Å². The minimum Gasteiger partial charge on any atom is -0.399 e. The molecule has 0 aromatic heterocycles. The third-order valence-corrected chi connectivity index (χ3v) is 3.14. The van der Waals surface area contributed by atoms with Crippen molar-refractivity contribution in [2.45, 2.75) is 26.8 Å². The molecular weight excluding hydrogens is 222 g/mol. The highest BCUT2D eigenvalue weighted by molar-refractivity contribution is 5.47. The molecule has 0 fully saturated rings. The molecule has 3 nitrogen and oxygen atoms in total. The van der Waals surface area contributed by atoms with Crippen molar-refractivity contribution in [3.05, 3.63) is 29.3 Å². The summed E-state index contributed by atoms with van der Waals surface area (Å²) < 4.78 is 0. The second-order valence-corrected chi connectivity index (χ2v) is 5.27. The summed E-state index contributed by atoms with van der Waals surface area (Å²) in [6.07, 6.45) is 1.20. The van der Waals surface area contributed by atoms with Gasteiger partial charge in [-0.2, -0.15) is 0 Å².